The zero-order valence-corrected chi connectivity index (χ0v) is 17.0. The van der Waals surface area contributed by atoms with Crippen molar-refractivity contribution in [2.75, 3.05) is 0 Å². The summed E-state index contributed by atoms with van der Waals surface area (Å²) in [6.45, 7) is 0. The number of rotatable bonds is 12. The lowest BCUT2D eigenvalue weighted by molar-refractivity contribution is -0.142. The van der Waals surface area contributed by atoms with Crippen molar-refractivity contribution < 1.29 is 49.5 Å². The number of benzene rings is 1. The Bertz CT molecular complexity index is 797. The largest absolute Gasteiger partial charge is 0.508 e. The van der Waals surface area contributed by atoms with Gasteiger partial charge in [-0.2, -0.15) is 0 Å². The third kappa shape index (κ3) is 12.8. The van der Waals surface area contributed by atoms with E-state index in [2.05, 4.69) is 5.32 Å². The molecule has 0 saturated heterocycles. The first kappa shape index (κ1) is 28.3. The third-order valence-corrected chi connectivity index (χ3v) is 4.00. The van der Waals surface area contributed by atoms with E-state index in [4.69, 9.17) is 37.0 Å². The SMILES string of the molecule is N[C@@H](CCC(=O)N[C@@H](Cc1ccc(O)cc1)C(=O)O)C(=O)O.N[C@@H](CCC(=O)O)C(=O)O. The first-order valence-corrected chi connectivity index (χ1v) is 9.32. The van der Waals surface area contributed by atoms with Gasteiger partial charge in [0.15, 0.2) is 0 Å². The second-order valence-electron chi connectivity index (χ2n) is 6.69. The molecule has 13 nitrogen and oxygen atoms in total. The third-order valence-electron chi connectivity index (χ3n) is 4.00. The maximum Gasteiger partial charge on any atom is 0.326 e. The van der Waals surface area contributed by atoms with E-state index in [0.717, 1.165) is 0 Å². The number of amides is 1. The highest BCUT2D eigenvalue weighted by Gasteiger charge is 2.21. The van der Waals surface area contributed by atoms with Crippen molar-refractivity contribution >= 4 is 29.8 Å². The molecule has 0 aliphatic carbocycles. The number of carbonyl (C=O) groups excluding carboxylic acids is 1. The lowest BCUT2D eigenvalue weighted by Crippen LogP contribution is -2.43. The van der Waals surface area contributed by atoms with Crippen molar-refractivity contribution in [2.24, 2.45) is 11.5 Å². The zero-order valence-electron chi connectivity index (χ0n) is 17.0. The zero-order chi connectivity index (χ0) is 24.8. The van der Waals surface area contributed by atoms with E-state index in [1.54, 1.807) is 12.1 Å². The summed E-state index contributed by atoms with van der Waals surface area (Å²) in [6, 6.07) is 2.58. The maximum atomic E-state index is 11.7. The van der Waals surface area contributed by atoms with Gasteiger partial charge in [0, 0.05) is 19.3 Å². The van der Waals surface area contributed by atoms with Gasteiger partial charge in [0.2, 0.25) is 5.91 Å². The van der Waals surface area contributed by atoms with Gasteiger partial charge in [0.1, 0.15) is 23.9 Å². The minimum atomic E-state index is -1.22. The standard InChI is InChI=1S/C14H18N2O6.C5H9NO4/c15-10(13(19)20)5-6-12(18)16-11(14(21)22)7-8-1-3-9(17)4-2-8;6-3(5(9)10)1-2-4(7)8/h1-4,10-11,17H,5-7,15H2,(H,16,18)(H,19,20)(H,21,22);3H,1-2,6H2,(H,7,8)(H,9,10)/t10-,11-;3-/m00/s1. The second kappa shape index (κ2) is 14.3. The van der Waals surface area contributed by atoms with E-state index in [0.29, 0.717) is 5.56 Å². The van der Waals surface area contributed by atoms with Crippen LogP contribution in [-0.4, -0.2) is 73.4 Å². The minimum Gasteiger partial charge on any atom is -0.508 e. The summed E-state index contributed by atoms with van der Waals surface area (Å²) in [7, 11) is 0. The Kier molecular flexibility index (Phi) is 12.7. The predicted molar refractivity (Wildman–Crippen MR) is 109 cm³/mol. The molecule has 0 aliphatic rings. The fraction of sp³-hybridized carbons (Fsp3) is 0.421. The molecule has 13 heteroatoms. The van der Waals surface area contributed by atoms with Crippen LogP contribution in [0.15, 0.2) is 24.3 Å². The molecule has 0 aliphatic heterocycles. The predicted octanol–water partition coefficient (Wildman–Crippen LogP) is -1.04. The van der Waals surface area contributed by atoms with Gasteiger partial charge in [-0.25, -0.2) is 4.79 Å². The number of carbonyl (C=O) groups is 5. The number of phenolic OH excluding ortho intramolecular Hbond substituents is 1. The second-order valence-corrected chi connectivity index (χ2v) is 6.69. The average molecular weight is 457 g/mol. The van der Waals surface area contributed by atoms with Crippen LogP contribution in [0.3, 0.4) is 0 Å². The molecule has 1 amide bonds. The van der Waals surface area contributed by atoms with Gasteiger partial charge in [-0.15, -0.1) is 0 Å². The molecule has 0 radical (unpaired) electrons. The summed E-state index contributed by atoms with van der Waals surface area (Å²) in [5, 5.41) is 45.5. The van der Waals surface area contributed by atoms with Gasteiger partial charge in [0.25, 0.3) is 0 Å². The quantitative estimate of drug-likeness (QED) is 0.187. The van der Waals surface area contributed by atoms with Crippen LogP contribution in [0, 0.1) is 0 Å². The van der Waals surface area contributed by atoms with Gasteiger partial charge in [0.05, 0.1) is 0 Å². The molecule has 0 aromatic heterocycles. The van der Waals surface area contributed by atoms with Crippen molar-refractivity contribution in [3.05, 3.63) is 29.8 Å². The molecule has 0 fully saturated rings. The molecule has 0 heterocycles. The Morgan fingerprint density at radius 2 is 1.25 bits per heavy atom. The Morgan fingerprint density at radius 3 is 1.66 bits per heavy atom. The van der Waals surface area contributed by atoms with Crippen molar-refractivity contribution in [2.45, 2.75) is 50.2 Å². The number of hydrogen-bond acceptors (Lipinski definition) is 8. The summed E-state index contributed by atoms with van der Waals surface area (Å²) < 4.78 is 0. The Labute approximate surface area is 182 Å². The number of nitrogens with two attached hydrogens (primary N) is 2. The molecule has 1 rings (SSSR count). The molecule has 0 spiro atoms. The molecule has 3 atom stereocenters. The first-order valence-electron chi connectivity index (χ1n) is 9.32. The van der Waals surface area contributed by atoms with E-state index < -0.39 is 47.9 Å². The Morgan fingerprint density at radius 1 is 0.781 bits per heavy atom. The van der Waals surface area contributed by atoms with E-state index >= 15 is 0 Å². The highest BCUT2D eigenvalue weighted by Crippen LogP contribution is 2.11. The smallest absolute Gasteiger partial charge is 0.326 e. The molecule has 178 valence electrons. The molecule has 10 N–H and O–H groups in total. The van der Waals surface area contributed by atoms with Crippen LogP contribution >= 0.6 is 0 Å². The van der Waals surface area contributed by atoms with Gasteiger partial charge in [-0.1, -0.05) is 12.1 Å². The Balaban J connectivity index is 0.000000809. The van der Waals surface area contributed by atoms with Crippen LogP contribution in [0.25, 0.3) is 0 Å². The first-order chi connectivity index (χ1) is 14.8. The van der Waals surface area contributed by atoms with Gasteiger partial charge in [-0.3, -0.25) is 19.2 Å². The molecule has 0 saturated carbocycles. The molecule has 0 unspecified atom stereocenters. The molecular weight excluding hydrogens is 430 g/mol. The van der Waals surface area contributed by atoms with Crippen molar-refractivity contribution in [3.8, 4) is 5.75 Å². The summed E-state index contributed by atoms with van der Waals surface area (Å²) in [4.78, 5) is 53.2. The summed E-state index contributed by atoms with van der Waals surface area (Å²) >= 11 is 0. The number of aromatic hydroxyl groups is 1. The van der Waals surface area contributed by atoms with Gasteiger partial charge >= 0.3 is 23.9 Å². The van der Waals surface area contributed by atoms with Crippen LogP contribution in [0.4, 0.5) is 0 Å². The lowest BCUT2D eigenvalue weighted by atomic mass is 10.1. The van der Waals surface area contributed by atoms with E-state index in [1.807, 2.05) is 0 Å². The number of hydrogen-bond donors (Lipinski definition) is 8. The van der Waals surface area contributed by atoms with E-state index in [9.17, 15) is 24.0 Å². The fourth-order valence-corrected chi connectivity index (χ4v) is 2.15. The number of aliphatic carboxylic acids is 4. The number of phenols is 1. The van der Waals surface area contributed by atoms with Crippen LogP contribution in [0.5, 0.6) is 5.75 Å². The van der Waals surface area contributed by atoms with Crippen molar-refractivity contribution in [1.29, 1.82) is 0 Å². The van der Waals surface area contributed by atoms with Crippen molar-refractivity contribution in [3.63, 3.8) is 0 Å². The molecule has 0 bridgehead atoms. The highest BCUT2D eigenvalue weighted by atomic mass is 16.4. The van der Waals surface area contributed by atoms with Crippen LogP contribution in [0.1, 0.15) is 31.2 Å². The monoisotopic (exact) mass is 457 g/mol. The number of carboxylic acids is 4. The van der Waals surface area contributed by atoms with Crippen LogP contribution < -0.4 is 16.8 Å². The normalized spacial score (nSPS) is 12.9. The molecule has 1 aromatic rings. The summed E-state index contributed by atoms with van der Waals surface area (Å²) in [6.07, 6.45) is -0.427. The van der Waals surface area contributed by atoms with Gasteiger partial charge in [-0.05, 0) is 30.5 Å². The van der Waals surface area contributed by atoms with Crippen LogP contribution in [0.2, 0.25) is 0 Å². The molecule has 1 aromatic carbocycles. The topological polar surface area (TPSA) is 251 Å². The molecule has 32 heavy (non-hydrogen) atoms. The number of carboxylic acid groups (broad SMARTS) is 4. The summed E-state index contributed by atoms with van der Waals surface area (Å²) in [5.74, 6) is -5.14. The van der Waals surface area contributed by atoms with E-state index in [1.165, 1.54) is 12.1 Å². The minimum absolute atomic E-state index is 0.0231. The molecular formula is C19H27N3O10. The maximum absolute atomic E-state index is 11.7. The lowest BCUT2D eigenvalue weighted by Gasteiger charge is -2.15. The summed E-state index contributed by atoms with van der Waals surface area (Å²) in [5.41, 5.74) is 10.9. The fourth-order valence-electron chi connectivity index (χ4n) is 2.15. The highest BCUT2D eigenvalue weighted by molar-refractivity contribution is 5.84. The van der Waals surface area contributed by atoms with Gasteiger partial charge < -0.3 is 42.3 Å². The number of nitrogens with one attached hydrogen (secondary N) is 1. The average Bonchev–Trinajstić information content (AvgIpc) is 2.71. The van der Waals surface area contributed by atoms with E-state index in [-0.39, 0.29) is 37.9 Å². The van der Waals surface area contributed by atoms with Crippen molar-refractivity contribution in [1.82, 2.24) is 5.32 Å². The van der Waals surface area contributed by atoms with Crippen LogP contribution in [-0.2, 0) is 30.4 Å². The Hall–Kier alpha value is -3.71.